The zero-order chi connectivity index (χ0) is 18.7. The third-order valence-electron chi connectivity index (χ3n) is 4.71. The number of hydrogen-bond acceptors (Lipinski definition) is 2. The Kier molecular flexibility index (Phi) is 5.86. The number of rotatable bonds is 6. The first-order chi connectivity index (χ1) is 12.5. The molecule has 1 heterocycles. The molecule has 0 saturated carbocycles. The minimum atomic E-state index is -2.13. The number of carbonyl (C=O) groups excluding carboxylic acids is 1. The van der Waals surface area contributed by atoms with Crippen LogP contribution in [0.3, 0.4) is 0 Å². The fourth-order valence-corrected chi connectivity index (χ4v) is 3.89. The summed E-state index contributed by atoms with van der Waals surface area (Å²) in [6.45, 7) is 4.78. The molecule has 2 N–H and O–H groups in total. The summed E-state index contributed by atoms with van der Waals surface area (Å²) in [5.74, 6) is 0.164. The summed E-state index contributed by atoms with van der Waals surface area (Å²) in [4.78, 5) is 14.1. The number of carbonyl (C=O) groups is 1. The maximum Gasteiger partial charge on any atom is 0.232 e. The highest BCUT2D eigenvalue weighted by Crippen LogP contribution is 2.32. The molecule has 2 atom stereocenters. The summed E-state index contributed by atoms with van der Waals surface area (Å²) in [6, 6.07) is 13.5. The molecule has 6 heteroatoms. The first-order valence-corrected chi connectivity index (χ1v) is 9.97. The van der Waals surface area contributed by atoms with Crippen molar-refractivity contribution >= 4 is 22.9 Å². The van der Waals surface area contributed by atoms with Gasteiger partial charge in [0.15, 0.2) is 0 Å². The summed E-state index contributed by atoms with van der Waals surface area (Å²) in [6.07, 6.45) is 2.11. The lowest BCUT2D eigenvalue weighted by molar-refractivity contribution is -0.118. The number of benzene rings is 2. The third kappa shape index (κ3) is 4.03. The molecule has 1 aliphatic rings. The predicted molar refractivity (Wildman–Crippen MR) is 104 cm³/mol. The van der Waals surface area contributed by atoms with E-state index in [4.69, 9.17) is 0 Å². The lowest BCUT2D eigenvalue weighted by atomic mass is 9.93. The van der Waals surface area contributed by atoms with E-state index in [1.165, 1.54) is 0 Å². The number of nitrogens with one attached hydrogen (secondary N) is 1. The zero-order valence-corrected chi connectivity index (χ0v) is 15.9. The van der Waals surface area contributed by atoms with E-state index in [1.54, 1.807) is 0 Å². The number of amides is 1. The summed E-state index contributed by atoms with van der Waals surface area (Å²) < 4.78 is 23.6. The van der Waals surface area contributed by atoms with Crippen LogP contribution in [-0.4, -0.2) is 21.2 Å². The van der Waals surface area contributed by atoms with Gasteiger partial charge in [0.1, 0.15) is 0 Å². The fraction of sp³-hybridized carbons (Fsp3) is 0.350. The van der Waals surface area contributed by atoms with E-state index in [-0.39, 0.29) is 11.9 Å². The van der Waals surface area contributed by atoms with Gasteiger partial charge in [0.2, 0.25) is 17.2 Å². The highest BCUT2D eigenvalue weighted by molar-refractivity contribution is 7.77. The highest BCUT2D eigenvalue weighted by atomic mass is 32.2. The van der Waals surface area contributed by atoms with Crippen molar-refractivity contribution in [2.24, 2.45) is 0 Å². The molecule has 1 amide bonds. The molecule has 2 aromatic rings. The summed E-state index contributed by atoms with van der Waals surface area (Å²) >= 11 is -2.13. The predicted octanol–water partition coefficient (Wildman–Crippen LogP) is 3.50. The molecule has 138 valence electrons. The van der Waals surface area contributed by atoms with Gasteiger partial charge in [-0.25, -0.2) is 8.93 Å². The lowest BCUT2D eigenvalue weighted by Gasteiger charge is -2.30. The summed E-state index contributed by atoms with van der Waals surface area (Å²) in [5, 5.41) is 0. The smallest absolute Gasteiger partial charge is 0.232 e. The van der Waals surface area contributed by atoms with Crippen molar-refractivity contribution in [2.45, 2.75) is 39.2 Å². The van der Waals surface area contributed by atoms with E-state index in [1.807, 2.05) is 48.2 Å². The molecular weight excluding hydrogens is 348 g/mol. The van der Waals surface area contributed by atoms with Gasteiger partial charge in [-0.1, -0.05) is 48.9 Å². The van der Waals surface area contributed by atoms with Gasteiger partial charge in [-0.3, -0.25) is 9.35 Å². The van der Waals surface area contributed by atoms with Crippen molar-refractivity contribution in [3.8, 4) is 0 Å². The Morgan fingerprint density at radius 1 is 1.15 bits per heavy atom. The van der Waals surface area contributed by atoms with Crippen LogP contribution < -0.4 is 9.62 Å². The molecule has 0 bridgehead atoms. The topological polar surface area (TPSA) is 69.6 Å². The average Bonchev–Trinajstić information content (AvgIpc) is 2.62. The molecule has 0 aromatic heterocycles. The molecule has 0 radical (unpaired) electrons. The monoisotopic (exact) mass is 372 g/mol. The summed E-state index contributed by atoms with van der Waals surface area (Å²) in [5.41, 5.74) is 5.05. The van der Waals surface area contributed by atoms with Gasteiger partial charge in [-0.2, -0.15) is 0 Å². The van der Waals surface area contributed by atoms with E-state index in [9.17, 15) is 13.6 Å². The Labute approximate surface area is 156 Å². The lowest BCUT2D eigenvalue weighted by Crippen LogP contribution is -2.35. The van der Waals surface area contributed by atoms with E-state index < -0.39 is 11.3 Å². The standard InChI is InChI=1S/C20H24N2O3S/c1-3-12-22-18-10-8-17(13-16(18)9-11-19(22)23)20(21-26(24)25)15-6-4-14(2)5-7-15/h4-8,10,13,20-21H,3,9,11-12H2,1-2H3,(H,24,25). The Hall–Kier alpha value is -2.02. The quantitative estimate of drug-likeness (QED) is 0.763. The largest absolute Gasteiger partial charge is 0.312 e. The molecule has 0 fully saturated rings. The molecular formula is C20H24N2O3S. The molecule has 1 aliphatic heterocycles. The fourth-order valence-electron chi connectivity index (χ4n) is 3.42. The van der Waals surface area contributed by atoms with E-state index in [2.05, 4.69) is 17.7 Å². The molecule has 2 aromatic carbocycles. The second-order valence-corrected chi connectivity index (χ2v) is 7.38. The minimum Gasteiger partial charge on any atom is -0.312 e. The van der Waals surface area contributed by atoms with E-state index in [0.29, 0.717) is 19.4 Å². The van der Waals surface area contributed by atoms with Crippen LogP contribution >= 0.6 is 0 Å². The molecule has 5 nitrogen and oxygen atoms in total. The Morgan fingerprint density at radius 3 is 2.50 bits per heavy atom. The van der Waals surface area contributed by atoms with Crippen molar-refractivity contribution in [1.29, 1.82) is 0 Å². The van der Waals surface area contributed by atoms with Gasteiger partial charge in [-0.05, 0) is 42.5 Å². The Balaban J connectivity index is 1.99. The molecule has 3 rings (SSSR count). The number of aryl methyl sites for hydroxylation is 2. The van der Waals surface area contributed by atoms with Crippen LogP contribution in [0.4, 0.5) is 5.69 Å². The number of hydrogen-bond donors (Lipinski definition) is 2. The second-order valence-electron chi connectivity index (χ2n) is 6.64. The third-order valence-corrected chi connectivity index (χ3v) is 5.15. The van der Waals surface area contributed by atoms with Crippen LogP contribution in [0.1, 0.15) is 48.1 Å². The van der Waals surface area contributed by atoms with Crippen LogP contribution in [0.15, 0.2) is 42.5 Å². The highest BCUT2D eigenvalue weighted by Gasteiger charge is 2.25. The van der Waals surface area contributed by atoms with Crippen molar-refractivity contribution in [3.63, 3.8) is 0 Å². The van der Waals surface area contributed by atoms with Crippen LogP contribution in [0.25, 0.3) is 0 Å². The van der Waals surface area contributed by atoms with Gasteiger partial charge in [0.05, 0.1) is 6.04 Å². The van der Waals surface area contributed by atoms with Crippen molar-refractivity contribution in [2.75, 3.05) is 11.4 Å². The first kappa shape index (κ1) is 18.8. The Morgan fingerprint density at radius 2 is 1.85 bits per heavy atom. The van der Waals surface area contributed by atoms with Gasteiger partial charge in [0.25, 0.3) is 0 Å². The SMILES string of the molecule is CCCN1C(=O)CCc2cc(C(NS(=O)O)c3ccc(C)cc3)ccc21. The first-order valence-electron chi connectivity index (χ1n) is 8.86. The average molecular weight is 372 g/mol. The maximum atomic E-state index is 12.2. The van der Waals surface area contributed by atoms with Gasteiger partial charge in [0, 0.05) is 18.7 Å². The molecule has 0 spiro atoms. The van der Waals surface area contributed by atoms with Crippen LogP contribution in [-0.2, 0) is 22.5 Å². The molecule has 0 saturated heterocycles. The normalized spacial score (nSPS) is 16.3. The summed E-state index contributed by atoms with van der Waals surface area (Å²) in [7, 11) is 0. The number of nitrogens with zero attached hydrogens (tertiary/aromatic N) is 1. The molecule has 26 heavy (non-hydrogen) atoms. The van der Waals surface area contributed by atoms with E-state index >= 15 is 0 Å². The second kappa shape index (κ2) is 8.12. The van der Waals surface area contributed by atoms with Crippen LogP contribution in [0.5, 0.6) is 0 Å². The number of anilines is 1. The van der Waals surface area contributed by atoms with Gasteiger partial charge < -0.3 is 4.90 Å². The molecule has 2 unspecified atom stereocenters. The number of fused-ring (bicyclic) bond motifs is 1. The minimum absolute atomic E-state index is 0.164. The van der Waals surface area contributed by atoms with Crippen LogP contribution in [0.2, 0.25) is 0 Å². The Bertz CT molecular complexity index is 820. The van der Waals surface area contributed by atoms with Crippen molar-refractivity contribution in [1.82, 2.24) is 4.72 Å². The van der Waals surface area contributed by atoms with Gasteiger partial charge in [-0.15, -0.1) is 0 Å². The molecule has 0 aliphatic carbocycles. The van der Waals surface area contributed by atoms with Gasteiger partial charge >= 0.3 is 0 Å². The van der Waals surface area contributed by atoms with Crippen molar-refractivity contribution < 1.29 is 13.6 Å². The maximum absolute atomic E-state index is 12.2. The van der Waals surface area contributed by atoms with Crippen LogP contribution in [0, 0.1) is 6.92 Å². The zero-order valence-electron chi connectivity index (χ0n) is 15.1. The van der Waals surface area contributed by atoms with Crippen molar-refractivity contribution in [3.05, 3.63) is 64.7 Å². The van der Waals surface area contributed by atoms with E-state index in [0.717, 1.165) is 34.4 Å².